The van der Waals surface area contributed by atoms with Gasteiger partial charge in [0.25, 0.3) is 0 Å². The summed E-state index contributed by atoms with van der Waals surface area (Å²) in [6.07, 6.45) is 0. The zero-order chi connectivity index (χ0) is 15.6. The fourth-order valence-electron chi connectivity index (χ4n) is 2.41. The van der Waals surface area contributed by atoms with E-state index in [4.69, 9.17) is 0 Å². The maximum Gasteiger partial charge on any atom is 0.200 e. The predicted octanol–water partition coefficient (Wildman–Crippen LogP) is 4.67. The fourth-order valence-corrected chi connectivity index (χ4v) is 3.69. The number of allylic oxidation sites excluding steroid dienone is 1. The average Bonchev–Trinajstić information content (AvgIpc) is 2.55. The molecule has 0 aromatic heterocycles. The van der Waals surface area contributed by atoms with Gasteiger partial charge < -0.3 is 0 Å². The molecule has 2 nitrogen and oxygen atoms in total. The molecular formula is C19H16O2S. The second kappa shape index (κ2) is 5.78. The third-order valence-corrected chi connectivity index (χ3v) is 5.20. The Morgan fingerprint density at radius 3 is 2.18 bits per heavy atom. The van der Waals surface area contributed by atoms with Crippen LogP contribution >= 0.6 is 0 Å². The summed E-state index contributed by atoms with van der Waals surface area (Å²) in [5.41, 5.74) is 1.65. The van der Waals surface area contributed by atoms with Crippen LogP contribution in [0.1, 0.15) is 12.5 Å². The quantitative estimate of drug-likeness (QED) is 0.704. The molecule has 0 amide bonds. The maximum absolute atomic E-state index is 12.4. The fraction of sp³-hybridized carbons (Fsp3) is 0.0526. The first-order valence-corrected chi connectivity index (χ1v) is 8.58. The summed E-state index contributed by atoms with van der Waals surface area (Å²) in [5, 5.41) is 3.58. The molecule has 0 heterocycles. The molecule has 0 N–H and O–H groups in total. The van der Waals surface area contributed by atoms with E-state index in [0.29, 0.717) is 4.90 Å². The number of benzene rings is 3. The topological polar surface area (TPSA) is 34.1 Å². The Kier molecular flexibility index (Phi) is 3.82. The first kappa shape index (κ1) is 14.5. The Labute approximate surface area is 130 Å². The molecule has 22 heavy (non-hydrogen) atoms. The van der Waals surface area contributed by atoms with Crippen molar-refractivity contribution in [1.29, 1.82) is 0 Å². The zero-order valence-electron chi connectivity index (χ0n) is 12.2. The van der Waals surface area contributed by atoms with Crippen molar-refractivity contribution in [2.45, 2.75) is 11.8 Å². The second-order valence-electron chi connectivity index (χ2n) is 5.22. The highest BCUT2D eigenvalue weighted by Crippen LogP contribution is 2.23. The number of fused-ring (bicyclic) bond motifs is 1. The third-order valence-electron chi connectivity index (χ3n) is 3.61. The molecule has 0 spiro atoms. The Hall–Kier alpha value is -2.39. The Balaban J connectivity index is 2.03. The van der Waals surface area contributed by atoms with Gasteiger partial charge in [0.15, 0.2) is 9.84 Å². The summed E-state index contributed by atoms with van der Waals surface area (Å²) >= 11 is 0. The summed E-state index contributed by atoms with van der Waals surface area (Å²) in [6, 6.07) is 22.5. The molecule has 110 valence electrons. The van der Waals surface area contributed by atoms with E-state index in [2.05, 4.69) is 0 Å². The molecule has 0 radical (unpaired) electrons. The molecule has 0 saturated heterocycles. The van der Waals surface area contributed by atoms with Crippen molar-refractivity contribution in [2.24, 2.45) is 0 Å². The van der Waals surface area contributed by atoms with Crippen molar-refractivity contribution in [3.05, 3.63) is 83.8 Å². The van der Waals surface area contributed by atoms with Crippen molar-refractivity contribution in [2.75, 3.05) is 0 Å². The van der Waals surface area contributed by atoms with E-state index in [9.17, 15) is 8.42 Å². The van der Waals surface area contributed by atoms with Crippen LogP contribution in [-0.4, -0.2) is 8.42 Å². The smallest absolute Gasteiger partial charge is 0.200 e. The van der Waals surface area contributed by atoms with Crippen molar-refractivity contribution in [1.82, 2.24) is 0 Å². The van der Waals surface area contributed by atoms with Crippen LogP contribution in [0, 0.1) is 0 Å². The molecule has 3 aromatic rings. The summed E-state index contributed by atoms with van der Waals surface area (Å²) < 4.78 is 24.8. The normalized spacial score (nSPS) is 12.5. The predicted molar refractivity (Wildman–Crippen MR) is 91.2 cm³/mol. The van der Waals surface area contributed by atoms with Gasteiger partial charge in [0, 0.05) is 5.41 Å². The molecule has 0 bridgehead atoms. The maximum atomic E-state index is 12.4. The van der Waals surface area contributed by atoms with E-state index in [-0.39, 0.29) is 0 Å². The monoisotopic (exact) mass is 308 g/mol. The standard InChI is InChI=1S/C19H16O2S/c1-15(14-22(20,21)19-9-3-2-4-10-19)17-12-11-16-7-5-6-8-18(16)13-17/h2-14H,1H3/b15-14+. The molecule has 0 atom stereocenters. The molecule has 0 fully saturated rings. The van der Waals surface area contributed by atoms with E-state index >= 15 is 0 Å². The van der Waals surface area contributed by atoms with Gasteiger partial charge in [-0.3, -0.25) is 0 Å². The van der Waals surface area contributed by atoms with Crippen molar-refractivity contribution < 1.29 is 8.42 Å². The highest BCUT2D eigenvalue weighted by Gasteiger charge is 2.11. The molecule has 0 aliphatic rings. The molecule has 0 aliphatic heterocycles. The Bertz CT molecular complexity index is 939. The number of rotatable bonds is 3. The van der Waals surface area contributed by atoms with Crippen molar-refractivity contribution in [3.8, 4) is 0 Å². The highest BCUT2D eigenvalue weighted by atomic mass is 32.2. The molecule has 3 aromatic carbocycles. The van der Waals surface area contributed by atoms with Gasteiger partial charge in [-0.05, 0) is 47.0 Å². The lowest BCUT2D eigenvalue weighted by Gasteiger charge is -2.05. The highest BCUT2D eigenvalue weighted by molar-refractivity contribution is 7.94. The summed E-state index contributed by atoms with van der Waals surface area (Å²) in [7, 11) is -3.42. The van der Waals surface area contributed by atoms with Crippen molar-refractivity contribution >= 4 is 26.2 Å². The Morgan fingerprint density at radius 1 is 0.818 bits per heavy atom. The van der Waals surface area contributed by atoms with Gasteiger partial charge in [-0.2, -0.15) is 0 Å². The molecule has 3 heteroatoms. The van der Waals surface area contributed by atoms with E-state index in [1.54, 1.807) is 30.3 Å². The zero-order valence-corrected chi connectivity index (χ0v) is 13.0. The van der Waals surface area contributed by atoms with Gasteiger partial charge >= 0.3 is 0 Å². The molecular weight excluding hydrogens is 292 g/mol. The summed E-state index contributed by atoms with van der Waals surface area (Å²) in [4.78, 5) is 0.315. The van der Waals surface area contributed by atoms with Gasteiger partial charge in [-0.1, -0.05) is 54.6 Å². The molecule has 3 rings (SSSR count). The third kappa shape index (κ3) is 2.95. The number of hydrogen-bond acceptors (Lipinski definition) is 2. The lowest BCUT2D eigenvalue weighted by atomic mass is 10.0. The van der Waals surface area contributed by atoms with Crippen molar-refractivity contribution in [3.63, 3.8) is 0 Å². The van der Waals surface area contributed by atoms with Gasteiger partial charge in [-0.15, -0.1) is 0 Å². The largest absolute Gasteiger partial charge is 0.219 e. The number of sulfone groups is 1. The van der Waals surface area contributed by atoms with Crippen LogP contribution in [0.5, 0.6) is 0 Å². The van der Waals surface area contributed by atoms with Crippen LogP contribution < -0.4 is 0 Å². The van der Waals surface area contributed by atoms with Crippen LogP contribution in [0.2, 0.25) is 0 Å². The van der Waals surface area contributed by atoms with Crippen LogP contribution in [0.25, 0.3) is 16.3 Å². The summed E-state index contributed by atoms with van der Waals surface area (Å²) in [5.74, 6) is 0. The minimum Gasteiger partial charge on any atom is -0.219 e. The minimum absolute atomic E-state index is 0.315. The van der Waals surface area contributed by atoms with Crippen LogP contribution in [0.3, 0.4) is 0 Å². The Morgan fingerprint density at radius 2 is 1.45 bits per heavy atom. The lowest BCUT2D eigenvalue weighted by Crippen LogP contribution is -1.97. The number of hydrogen-bond donors (Lipinski definition) is 0. The van der Waals surface area contributed by atoms with Gasteiger partial charge in [-0.25, -0.2) is 8.42 Å². The van der Waals surface area contributed by atoms with E-state index in [1.165, 1.54) is 5.41 Å². The van der Waals surface area contributed by atoms with Crippen LogP contribution in [0.15, 0.2) is 83.1 Å². The van der Waals surface area contributed by atoms with Gasteiger partial charge in [0.2, 0.25) is 0 Å². The second-order valence-corrected chi connectivity index (χ2v) is 7.02. The van der Waals surface area contributed by atoms with E-state index in [0.717, 1.165) is 21.9 Å². The van der Waals surface area contributed by atoms with Crippen LogP contribution in [0.4, 0.5) is 0 Å². The SMILES string of the molecule is C/C(=C\S(=O)(=O)c1ccccc1)c1ccc2ccccc2c1. The van der Waals surface area contributed by atoms with E-state index in [1.807, 2.05) is 49.4 Å². The van der Waals surface area contributed by atoms with E-state index < -0.39 is 9.84 Å². The first-order chi connectivity index (χ1) is 10.6. The van der Waals surface area contributed by atoms with Gasteiger partial charge in [0.05, 0.1) is 4.90 Å². The molecule has 0 aliphatic carbocycles. The minimum atomic E-state index is -3.42. The molecule has 0 unspecified atom stereocenters. The molecule has 0 saturated carbocycles. The van der Waals surface area contributed by atoms with Crippen LogP contribution in [-0.2, 0) is 9.84 Å². The van der Waals surface area contributed by atoms with Gasteiger partial charge in [0.1, 0.15) is 0 Å². The first-order valence-electron chi connectivity index (χ1n) is 7.04. The summed E-state index contributed by atoms with van der Waals surface area (Å²) in [6.45, 7) is 1.82. The average molecular weight is 308 g/mol. The lowest BCUT2D eigenvalue weighted by molar-refractivity contribution is 0.604.